The first-order valence-electron chi connectivity index (χ1n) is 12.1. The minimum atomic E-state index is -0.662. The SMILES string of the molecule is CCc1nc(C(N)=O)c(Nc2cccc(CCNC(=O)CN(C)C(=O)/C=C/CN(C)C)c2)nc1N(C)C. The molecule has 1 aromatic heterocycles. The molecule has 3 amide bonds. The van der Waals surface area contributed by atoms with Crippen LogP contribution in [-0.4, -0.2) is 92.4 Å². The predicted molar refractivity (Wildman–Crippen MR) is 146 cm³/mol. The number of likely N-dealkylation sites (N-methyl/N-ethyl adjacent to an activating group) is 2. The highest BCUT2D eigenvalue weighted by atomic mass is 16.2. The van der Waals surface area contributed by atoms with Crippen molar-refractivity contribution in [3.05, 3.63) is 53.4 Å². The van der Waals surface area contributed by atoms with Gasteiger partial charge in [-0.05, 0) is 44.6 Å². The number of amides is 3. The van der Waals surface area contributed by atoms with E-state index >= 15 is 0 Å². The summed E-state index contributed by atoms with van der Waals surface area (Å²) >= 11 is 0. The number of benzene rings is 1. The molecule has 2 rings (SSSR count). The number of carbonyl (C=O) groups excluding carboxylic acids is 3. The zero-order chi connectivity index (χ0) is 27.5. The molecule has 0 aliphatic carbocycles. The minimum Gasteiger partial charge on any atom is -0.364 e. The first-order chi connectivity index (χ1) is 17.5. The average Bonchev–Trinajstić information content (AvgIpc) is 2.83. The average molecular weight is 511 g/mol. The molecule has 0 radical (unpaired) electrons. The third-order valence-electron chi connectivity index (χ3n) is 5.35. The number of nitrogens with zero attached hydrogens (tertiary/aromatic N) is 5. The normalized spacial score (nSPS) is 11.0. The Bertz CT molecular complexity index is 1130. The molecule has 0 aliphatic heterocycles. The fraction of sp³-hybridized carbons (Fsp3) is 0.423. The summed E-state index contributed by atoms with van der Waals surface area (Å²) in [5.74, 6) is -0.180. The molecule has 200 valence electrons. The van der Waals surface area contributed by atoms with Gasteiger partial charge in [0.1, 0.15) is 0 Å². The number of carbonyl (C=O) groups is 3. The van der Waals surface area contributed by atoms with E-state index in [1.807, 2.05) is 69.2 Å². The lowest BCUT2D eigenvalue weighted by Crippen LogP contribution is -2.38. The van der Waals surface area contributed by atoms with Crippen LogP contribution in [0.3, 0.4) is 0 Å². The Morgan fingerprint density at radius 2 is 1.81 bits per heavy atom. The number of primary amides is 1. The van der Waals surface area contributed by atoms with Gasteiger partial charge in [0.05, 0.1) is 12.2 Å². The van der Waals surface area contributed by atoms with Crippen molar-refractivity contribution in [2.45, 2.75) is 19.8 Å². The fourth-order valence-electron chi connectivity index (χ4n) is 3.44. The molecule has 0 bridgehead atoms. The summed E-state index contributed by atoms with van der Waals surface area (Å²) in [6.07, 6.45) is 4.42. The summed E-state index contributed by atoms with van der Waals surface area (Å²) in [6, 6.07) is 7.57. The second-order valence-corrected chi connectivity index (χ2v) is 9.09. The van der Waals surface area contributed by atoms with Gasteiger partial charge in [-0.1, -0.05) is 25.1 Å². The standard InChI is InChI=1S/C26H38N8O3/c1-7-20-26(33(4)5)31-25(23(30-20)24(27)37)29-19-11-8-10-18(16-19)13-14-28-21(35)17-34(6)22(36)12-9-15-32(2)3/h8-12,16H,7,13-15,17H2,1-6H3,(H2,27,37)(H,28,35)(H,29,31)/b12-9+. The van der Waals surface area contributed by atoms with Gasteiger partial charge in [0.25, 0.3) is 5.91 Å². The largest absolute Gasteiger partial charge is 0.364 e. The first-order valence-corrected chi connectivity index (χ1v) is 12.1. The zero-order valence-electron chi connectivity index (χ0n) is 22.5. The van der Waals surface area contributed by atoms with Crippen molar-refractivity contribution in [1.82, 2.24) is 25.1 Å². The van der Waals surface area contributed by atoms with Gasteiger partial charge in [-0.3, -0.25) is 14.4 Å². The van der Waals surface area contributed by atoms with E-state index in [1.165, 1.54) is 11.0 Å². The van der Waals surface area contributed by atoms with Crippen LogP contribution in [0.4, 0.5) is 17.3 Å². The van der Waals surface area contributed by atoms with E-state index in [2.05, 4.69) is 20.6 Å². The Labute approximate surface area is 218 Å². The topological polar surface area (TPSA) is 137 Å². The summed E-state index contributed by atoms with van der Waals surface area (Å²) in [4.78, 5) is 50.6. The van der Waals surface area contributed by atoms with E-state index in [9.17, 15) is 14.4 Å². The summed E-state index contributed by atoms with van der Waals surface area (Å²) < 4.78 is 0. The number of anilines is 3. The first kappa shape index (κ1) is 29.2. The van der Waals surface area contributed by atoms with Gasteiger partial charge < -0.3 is 31.1 Å². The van der Waals surface area contributed by atoms with Crippen LogP contribution in [0.5, 0.6) is 0 Å². The number of hydrogen-bond donors (Lipinski definition) is 3. The van der Waals surface area contributed by atoms with E-state index in [4.69, 9.17) is 5.73 Å². The molecular formula is C26H38N8O3. The Hall–Kier alpha value is -3.99. The molecule has 0 saturated heterocycles. The van der Waals surface area contributed by atoms with Gasteiger partial charge in [-0.2, -0.15) is 0 Å². The number of aromatic nitrogens is 2. The van der Waals surface area contributed by atoms with Crippen molar-refractivity contribution in [1.29, 1.82) is 0 Å². The van der Waals surface area contributed by atoms with Gasteiger partial charge in [-0.25, -0.2) is 9.97 Å². The molecule has 0 aliphatic rings. The molecule has 4 N–H and O–H groups in total. The molecule has 0 spiro atoms. The van der Waals surface area contributed by atoms with E-state index < -0.39 is 5.91 Å². The highest BCUT2D eigenvalue weighted by Gasteiger charge is 2.18. The number of rotatable bonds is 13. The van der Waals surface area contributed by atoms with Crippen molar-refractivity contribution in [3.63, 3.8) is 0 Å². The van der Waals surface area contributed by atoms with E-state index in [0.717, 1.165) is 5.56 Å². The lowest BCUT2D eigenvalue weighted by Gasteiger charge is -2.18. The second kappa shape index (κ2) is 13.9. The van der Waals surface area contributed by atoms with E-state index in [-0.39, 0.29) is 29.9 Å². The Morgan fingerprint density at radius 1 is 1.08 bits per heavy atom. The van der Waals surface area contributed by atoms with Crippen LogP contribution in [-0.2, 0) is 22.4 Å². The van der Waals surface area contributed by atoms with Gasteiger partial charge in [-0.15, -0.1) is 0 Å². The van der Waals surface area contributed by atoms with Crippen molar-refractivity contribution in [2.24, 2.45) is 5.73 Å². The van der Waals surface area contributed by atoms with Crippen LogP contribution in [0.1, 0.15) is 28.7 Å². The van der Waals surface area contributed by atoms with Crippen molar-refractivity contribution in [3.8, 4) is 0 Å². The number of aryl methyl sites for hydroxylation is 1. The van der Waals surface area contributed by atoms with E-state index in [1.54, 1.807) is 13.1 Å². The Morgan fingerprint density at radius 3 is 2.43 bits per heavy atom. The van der Waals surface area contributed by atoms with Crippen LogP contribution >= 0.6 is 0 Å². The lowest BCUT2D eigenvalue weighted by molar-refractivity contribution is -0.131. The minimum absolute atomic E-state index is 0.0245. The maximum atomic E-state index is 12.3. The molecule has 11 heteroatoms. The molecule has 0 saturated carbocycles. The van der Waals surface area contributed by atoms with Crippen LogP contribution in [0.25, 0.3) is 0 Å². The van der Waals surface area contributed by atoms with Crippen LogP contribution in [0, 0.1) is 0 Å². The zero-order valence-corrected chi connectivity index (χ0v) is 22.5. The summed E-state index contributed by atoms with van der Waals surface area (Å²) in [6.45, 7) is 2.97. The van der Waals surface area contributed by atoms with Gasteiger partial charge in [0.2, 0.25) is 11.8 Å². The maximum absolute atomic E-state index is 12.3. The number of hydrogen-bond acceptors (Lipinski definition) is 8. The van der Waals surface area contributed by atoms with Gasteiger partial charge in [0.15, 0.2) is 17.3 Å². The van der Waals surface area contributed by atoms with Crippen molar-refractivity contribution in [2.75, 3.05) is 65.1 Å². The quantitative estimate of drug-likeness (QED) is 0.342. The monoisotopic (exact) mass is 510 g/mol. The summed E-state index contributed by atoms with van der Waals surface area (Å²) in [5, 5.41) is 6.00. The summed E-state index contributed by atoms with van der Waals surface area (Å²) in [7, 11) is 9.14. The molecule has 11 nitrogen and oxygen atoms in total. The van der Waals surface area contributed by atoms with E-state index in [0.29, 0.717) is 43.1 Å². The highest BCUT2D eigenvalue weighted by Crippen LogP contribution is 2.24. The van der Waals surface area contributed by atoms with Crippen molar-refractivity contribution < 1.29 is 14.4 Å². The molecule has 0 unspecified atom stereocenters. The fourth-order valence-corrected chi connectivity index (χ4v) is 3.44. The third-order valence-corrected chi connectivity index (χ3v) is 5.35. The lowest BCUT2D eigenvalue weighted by atomic mass is 10.1. The van der Waals surface area contributed by atoms with Gasteiger partial charge >= 0.3 is 0 Å². The second-order valence-electron chi connectivity index (χ2n) is 9.09. The molecule has 1 heterocycles. The molecule has 2 aromatic rings. The number of nitrogens with two attached hydrogens (primary N) is 1. The van der Waals surface area contributed by atoms with Gasteiger partial charge in [0, 0.05) is 46.0 Å². The molecule has 1 aromatic carbocycles. The highest BCUT2D eigenvalue weighted by molar-refractivity contribution is 5.96. The van der Waals surface area contributed by atoms with Crippen LogP contribution in [0.15, 0.2) is 36.4 Å². The van der Waals surface area contributed by atoms with Crippen LogP contribution < -0.4 is 21.3 Å². The Balaban J connectivity index is 1.99. The molecule has 37 heavy (non-hydrogen) atoms. The summed E-state index contributed by atoms with van der Waals surface area (Å²) in [5.41, 5.74) is 8.01. The molecule has 0 atom stereocenters. The third kappa shape index (κ3) is 9.19. The van der Waals surface area contributed by atoms with Crippen molar-refractivity contribution >= 4 is 35.0 Å². The Kier molecular flexibility index (Phi) is 11.0. The number of nitrogens with one attached hydrogen (secondary N) is 2. The maximum Gasteiger partial charge on any atom is 0.271 e. The molecule has 0 fully saturated rings. The smallest absolute Gasteiger partial charge is 0.271 e. The predicted octanol–water partition coefficient (Wildman–Crippen LogP) is 1.18. The molecular weight excluding hydrogens is 472 g/mol. The van der Waals surface area contributed by atoms with Crippen LogP contribution in [0.2, 0.25) is 0 Å².